The lowest BCUT2D eigenvalue weighted by molar-refractivity contribution is -0.139. The van der Waals surface area contributed by atoms with Crippen molar-refractivity contribution in [3.8, 4) is 0 Å². The number of ether oxygens (including phenoxy) is 1. The molecule has 2 amide bonds. The van der Waals surface area contributed by atoms with E-state index >= 15 is 0 Å². The number of nitrogens with one attached hydrogen (secondary N) is 2. The molecule has 140 valence electrons. The van der Waals surface area contributed by atoms with Crippen molar-refractivity contribution < 1.29 is 18.7 Å². The molecule has 0 radical (unpaired) electrons. The molecule has 2 aromatic carbocycles. The molecule has 0 fully saturated rings. The summed E-state index contributed by atoms with van der Waals surface area (Å²) in [7, 11) is 0. The summed E-state index contributed by atoms with van der Waals surface area (Å²) in [6.45, 7) is 1.93. The van der Waals surface area contributed by atoms with Crippen LogP contribution in [-0.4, -0.2) is 24.4 Å². The molecule has 0 bridgehead atoms. The number of amides is 2. The van der Waals surface area contributed by atoms with E-state index in [-0.39, 0.29) is 18.2 Å². The number of halogens is 1. The third-order valence-electron chi connectivity index (χ3n) is 3.99. The largest absolute Gasteiger partial charge is 0.463 e. The fourth-order valence-electron chi connectivity index (χ4n) is 2.79. The highest BCUT2D eigenvalue weighted by atomic mass is 32.2. The van der Waals surface area contributed by atoms with Gasteiger partial charge in [0.2, 0.25) is 0 Å². The van der Waals surface area contributed by atoms with Gasteiger partial charge in [-0.1, -0.05) is 42.5 Å². The molecule has 27 heavy (non-hydrogen) atoms. The molecule has 2 N–H and O–H groups in total. The van der Waals surface area contributed by atoms with Gasteiger partial charge in [0.15, 0.2) is 0 Å². The smallest absolute Gasteiger partial charge is 0.338 e. The van der Waals surface area contributed by atoms with Crippen LogP contribution >= 0.6 is 11.8 Å². The summed E-state index contributed by atoms with van der Waals surface area (Å²) in [5.74, 6) is -0.630. The molecule has 5 nitrogen and oxygen atoms in total. The molecule has 1 atom stereocenters. The van der Waals surface area contributed by atoms with Gasteiger partial charge in [-0.15, -0.1) is 11.8 Å². The number of carbonyl (C=O) groups excluding carboxylic acids is 2. The fraction of sp³-hybridized carbons (Fsp3) is 0.200. The van der Waals surface area contributed by atoms with Crippen LogP contribution < -0.4 is 10.6 Å². The van der Waals surface area contributed by atoms with Crippen LogP contribution in [0.15, 0.2) is 70.8 Å². The van der Waals surface area contributed by atoms with Crippen molar-refractivity contribution in [3.63, 3.8) is 0 Å². The highest BCUT2D eigenvalue weighted by Gasteiger charge is 2.33. The van der Waals surface area contributed by atoms with E-state index in [0.29, 0.717) is 16.2 Å². The molecule has 7 heteroatoms. The second-order valence-electron chi connectivity index (χ2n) is 5.77. The quantitative estimate of drug-likeness (QED) is 0.586. The average molecular weight is 386 g/mol. The van der Waals surface area contributed by atoms with Crippen LogP contribution in [0, 0.1) is 5.82 Å². The first kappa shape index (κ1) is 19.0. The summed E-state index contributed by atoms with van der Waals surface area (Å²) in [5.41, 5.74) is 1.51. The molecular weight excluding hydrogens is 367 g/mol. The van der Waals surface area contributed by atoms with E-state index in [9.17, 15) is 14.0 Å². The van der Waals surface area contributed by atoms with Crippen molar-refractivity contribution in [2.45, 2.75) is 17.9 Å². The van der Waals surface area contributed by atoms with E-state index in [1.807, 2.05) is 30.3 Å². The second-order valence-corrected chi connectivity index (χ2v) is 6.79. The van der Waals surface area contributed by atoms with Crippen molar-refractivity contribution in [3.05, 3.63) is 77.2 Å². The number of carbonyl (C=O) groups is 2. The van der Waals surface area contributed by atoms with Crippen LogP contribution in [0.25, 0.3) is 0 Å². The van der Waals surface area contributed by atoms with E-state index < -0.39 is 18.0 Å². The summed E-state index contributed by atoms with van der Waals surface area (Å²) in [6.07, 6.45) is 0. The third kappa shape index (κ3) is 4.49. The topological polar surface area (TPSA) is 67.4 Å². The molecule has 1 aliphatic heterocycles. The first-order chi connectivity index (χ1) is 13.1. The maximum atomic E-state index is 13.9. The lowest BCUT2D eigenvalue weighted by atomic mass is 9.95. The SMILES string of the molecule is CCOC(=O)C1=C(CSc2ccccc2F)NC(=O)N[C@@H]1c1ccccc1. The number of rotatable bonds is 6. The zero-order valence-electron chi connectivity index (χ0n) is 14.7. The van der Waals surface area contributed by atoms with E-state index in [1.54, 1.807) is 25.1 Å². The molecule has 0 spiro atoms. The number of benzene rings is 2. The maximum absolute atomic E-state index is 13.9. The van der Waals surface area contributed by atoms with E-state index in [2.05, 4.69) is 10.6 Å². The van der Waals surface area contributed by atoms with Gasteiger partial charge in [-0.25, -0.2) is 14.0 Å². The molecule has 1 aliphatic rings. The Morgan fingerprint density at radius 3 is 2.56 bits per heavy atom. The van der Waals surface area contributed by atoms with Gasteiger partial charge in [-0.2, -0.15) is 0 Å². The number of hydrogen-bond donors (Lipinski definition) is 2. The average Bonchev–Trinajstić information content (AvgIpc) is 2.67. The van der Waals surface area contributed by atoms with Crippen LogP contribution in [0.4, 0.5) is 9.18 Å². The molecule has 0 aromatic heterocycles. The monoisotopic (exact) mass is 386 g/mol. The summed E-state index contributed by atoms with van der Waals surface area (Å²) < 4.78 is 19.1. The maximum Gasteiger partial charge on any atom is 0.338 e. The number of urea groups is 1. The molecule has 0 aliphatic carbocycles. The lowest BCUT2D eigenvalue weighted by Gasteiger charge is -2.29. The molecule has 1 heterocycles. The Hall–Kier alpha value is -2.80. The Balaban J connectivity index is 1.96. The Labute approximate surface area is 161 Å². The first-order valence-electron chi connectivity index (χ1n) is 8.50. The van der Waals surface area contributed by atoms with Crippen molar-refractivity contribution in [2.24, 2.45) is 0 Å². The van der Waals surface area contributed by atoms with Gasteiger partial charge in [-0.05, 0) is 24.6 Å². The minimum Gasteiger partial charge on any atom is -0.463 e. The molecule has 2 aromatic rings. The summed E-state index contributed by atoms with van der Waals surface area (Å²) in [5, 5.41) is 5.45. The van der Waals surface area contributed by atoms with Gasteiger partial charge in [-0.3, -0.25) is 0 Å². The first-order valence-corrected chi connectivity index (χ1v) is 9.48. The zero-order valence-corrected chi connectivity index (χ0v) is 15.5. The predicted molar refractivity (Wildman–Crippen MR) is 102 cm³/mol. The van der Waals surface area contributed by atoms with E-state index in [1.165, 1.54) is 17.8 Å². The van der Waals surface area contributed by atoms with E-state index in [4.69, 9.17) is 4.74 Å². The van der Waals surface area contributed by atoms with Gasteiger partial charge in [0.05, 0.1) is 18.2 Å². The van der Waals surface area contributed by atoms with Crippen molar-refractivity contribution in [1.82, 2.24) is 10.6 Å². The number of esters is 1. The Bertz CT molecular complexity index is 871. The molecule has 0 unspecified atom stereocenters. The van der Waals surface area contributed by atoms with Gasteiger partial charge in [0.25, 0.3) is 0 Å². The van der Waals surface area contributed by atoms with Crippen LogP contribution in [0.1, 0.15) is 18.5 Å². The fourth-order valence-corrected chi connectivity index (χ4v) is 3.70. The van der Waals surface area contributed by atoms with Gasteiger partial charge in [0.1, 0.15) is 5.82 Å². The van der Waals surface area contributed by atoms with E-state index in [0.717, 1.165) is 5.56 Å². The Morgan fingerprint density at radius 2 is 1.85 bits per heavy atom. The van der Waals surface area contributed by atoms with Crippen LogP contribution in [-0.2, 0) is 9.53 Å². The van der Waals surface area contributed by atoms with Crippen molar-refractivity contribution >= 4 is 23.8 Å². The minimum absolute atomic E-state index is 0.214. The number of thioether (sulfide) groups is 1. The predicted octanol–water partition coefficient (Wildman–Crippen LogP) is 3.79. The van der Waals surface area contributed by atoms with Gasteiger partial charge < -0.3 is 15.4 Å². The van der Waals surface area contributed by atoms with Crippen LogP contribution in [0.3, 0.4) is 0 Å². The van der Waals surface area contributed by atoms with Crippen molar-refractivity contribution in [1.29, 1.82) is 0 Å². The highest BCUT2D eigenvalue weighted by molar-refractivity contribution is 7.99. The molecule has 0 saturated carbocycles. The minimum atomic E-state index is -0.629. The molecule has 3 rings (SSSR count). The van der Waals surface area contributed by atoms with Gasteiger partial charge >= 0.3 is 12.0 Å². The second kappa shape index (κ2) is 8.73. The molecule has 0 saturated heterocycles. The third-order valence-corrected chi connectivity index (χ3v) is 5.07. The summed E-state index contributed by atoms with van der Waals surface area (Å²) in [6, 6.07) is 14.5. The number of hydrogen-bond acceptors (Lipinski definition) is 4. The Kier molecular flexibility index (Phi) is 6.13. The standard InChI is InChI=1S/C20H19FN2O3S/c1-2-26-19(24)17-15(12-27-16-11-7-6-10-14(16)21)22-20(25)23-18(17)13-8-4-3-5-9-13/h3-11,18H,2,12H2,1H3,(H2,22,23,25)/t18-/m1/s1. The van der Waals surface area contributed by atoms with Crippen LogP contribution in [0.5, 0.6) is 0 Å². The Morgan fingerprint density at radius 1 is 1.15 bits per heavy atom. The van der Waals surface area contributed by atoms with Crippen LogP contribution in [0.2, 0.25) is 0 Å². The molecular formula is C20H19FN2O3S. The lowest BCUT2D eigenvalue weighted by Crippen LogP contribution is -2.46. The van der Waals surface area contributed by atoms with Gasteiger partial charge in [0, 0.05) is 16.3 Å². The summed E-state index contributed by atoms with van der Waals surface area (Å²) >= 11 is 1.21. The highest BCUT2D eigenvalue weighted by Crippen LogP contribution is 2.31. The zero-order chi connectivity index (χ0) is 19.2. The summed E-state index contributed by atoms with van der Waals surface area (Å²) in [4.78, 5) is 25.2. The normalized spacial score (nSPS) is 16.5. The van der Waals surface area contributed by atoms with Crippen molar-refractivity contribution in [2.75, 3.05) is 12.4 Å².